The van der Waals surface area contributed by atoms with Crippen LogP contribution in [0, 0.1) is 0 Å². The zero-order chi connectivity index (χ0) is 12.1. The third kappa shape index (κ3) is 3.88. The summed E-state index contributed by atoms with van der Waals surface area (Å²) in [6, 6.07) is 0.482. The second-order valence-electron chi connectivity index (χ2n) is 5.23. The molecule has 0 bridgehead atoms. The van der Waals surface area contributed by atoms with Crippen molar-refractivity contribution in [2.24, 2.45) is 0 Å². The maximum atomic E-state index is 12.1. The summed E-state index contributed by atoms with van der Waals surface area (Å²) in [5, 5.41) is 7.34. The summed E-state index contributed by atoms with van der Waals surface area (Å²) in [5.41, 5.74) is 0. The average molecular weight is 256 g/mol. The Morgan fingerprint density at radius 2 is 2.12 bits per heavy atom. The van der Waals surface area contributed by atoms with E-state index in [9.17, 15) is 4.79 Å². The topological polar surface area (TPSA) is 41.1 Å². The van der Waals surface area contributed by atoms with E-state index in [1.54, 1.807) is 0 Å². The summed E-state index contributed by atoms with van der Waals surface area (Å²) in [5.74, 6) is 0.235. The highest BCUT2D eigenvalue weighted by Crippen LogP contribution is 2.28. The van der Waals surface area contributed by atoms with E-state index < -0.39 is 0 Å². The van der Waals surface area contributed by atoms with Gasteiger partial charge in [-0.05, 0) is 44.9 Å². The summed E-state index contributed by atoms with van der Waals surface area (Å²) < 4.78 is 0. The van der Waals surface area contributed by atoms with Gasteiger partial charge in [0.25, 0.3) is 0 Å². The Morgan fingerprint density at radius 1 is 1.24 bits per heavy atom. The fourth-order valence-electron chi connectivity index (χ4n) is 2.84. The number of amides is 1. The first-order valence-electron chi connectivity index (χ1n) is 6.86. The van der Waals surface area contributed by atoms with Crippen molar-refractivity contribution in [1.29, 1.82) is 0 Å². The van der Waals surface area contributed by atoms with E-state index in [0.717, 1.165) is 31.1 Å². The Kier molecular flexibility index (Phi) is 5.16. The highest BCUT2D eigenvalue weighted by molar-refractivity contribution is 7.99. The van der Waals surface area contributed by atoms with Crippen molar-refractivity contribution in [3.05, 3.63) is 0 Å². The molecule has 2 N–H and O–H groups in total. The van der Waals surface area contributed by atoms with Crippen LogP contribution < -0.4 is 10.6 Å². The summed E-state index contributed by atoms with van der Waals surface area (Å²) in [6.45, 7) is 0.996. The molecule has 0 radical (unpaired) electrons. The molecule has 1 saturated heterocycles. The smallest absolute Gasteiger partial charge is 0.237 e. The number of carbonyl (C=O) groups is 1. The first-order valence-corrected chi connectivity index (χ1v) is 8.15. The van der Waals surface area contributed by atoms with E-state index in [4.69, 9.17) is 0 Å². The Bertz CT molecular complexity index is 252. The van der Waals surface area contributed by atoms with Crippen molar-refractivity contribution in [1.82, 2.24) is 10.6 Å². The monoisotopic (exact) mass is 256 g/mol. The van der Waals surface area contributed by atoms with Crippen LogP contribution in [0.3, 0.4) is 0 Å². The number of carbonyl (C=O) groups excluding carboxylic acids is 1. The Hall–Kier alpha value is -0.220. The number of hydrogen-bond acceptors (Lipinski definition) is 3. The molecule has 0 aromatic heterocycles. The summed E-state index contributed by atoms with van der Waals surface area (Å²) in [6.07, 6.45) is 10.4. The summed E-state index contributed by atoms with van der Waals surface area (Å²) in [7, 11) is 0. The second kappa shape index (κ2) is 6.64. The molecule has 0 aromatic carbocycles. The molecule has 2 aliphatic rings. The van der Waals surface area contributed by atoms with Gasteiger partial charge in [-0.3, -0.25) is 4.79 Å². The van der Waals surface area contributed by atoms with Crippen LogP contribution in [0.25, 0.3) is 0 Å². The maximum Gasteiger partial charge on any atom is 0.237 e. The minimum absolute atomic E-state index is 0.0610. The predicted molar refractivity (Wildman–Crippen MR) is 73.3 cm³/mol. The van der Waals surface area contributed by atoms with E-state index in [1.807, 2.05) is 11.8 Å². The number of nitrogens with one attached hydrogen (secondary N) is 2. The lowest BCUT2D eigenvalue weighted by Crippen LogP contribution is -2.46. The molecule has 2 rings (SSSR count). The molecule has 1 aliphatic heterocycles. The molecule has 0 aromatic rings. The predicted octanol–water partition coefficient (Wildman–Crippen LogP) is 1.92. The van der Waals surface area contributed by atoms with E-state index in [-0.39, 0.29) is 11.9 Å². The van der Waals surface area contributed by atoms with E-state index >= 15 is 0 Å². The third-order valence-electron chi connectivity index (χ3n) is 3.94. The first kappa shape index (κ1) is 13.2. The first-order chi connectivity index (χ1) is 8.29. The third-order valence-corrected chi connectivity index (χ3v) is 5.04. The van der Waals surface area contributed by atoms with Crippen LogP contribution in [0.15, 0.2) is 0 Å². The summed E-state index contributed by atoms with van der Waals surface area (Å²) >= 11 is 1.94. The molecule has 3 atom stereocenters. The van der Waals surface area contributed by atoms with Crippen molar-refractivity contribution in [2.45, 2.75) is 62.3 Å². The van der Waals surface area contributed by atoms with Gasteiger partial charge in [0.15, 0.2) is 0 Å². The lowest BCUT2D eigenvalue weighted by atomic mass is 10.1. The van der Waals surface area contributed by atoms with Gasteiger partial charge in [0.05, 0.1) is 6.04 Å². The van der Waals surface area contributed by atoms with Crippen LogP contribution >= 0.6 is 11.8 Å². The maximum absolute atomic E-state index is 12.1. The molecule has 4 heteroatoms. The van der Waals surface area contributed by atoms with Gasteiger partial charge >= 0.3 is 0 Å². The standard InChI is InChI=1S/C13H24N2OS/c1-17-11-7-6-10(9-11)15-13(16)12-5-3-2-4-8-14-12/h10-12,14H,2-9H2,1H3,(H,15,16). The zero-order valence-electron chi connectivity index (χ0n) is 10.7. The number of rotatable bonds is 3. The molecule has 1 aliphatic carbocycles. The lowest BCUT2D eigenvalue weighted by molar-refractivity contribution is -0.123. The Labute approximate surface area is 108 Å². The van der Waals surface area contributed by atoms with Crippen molar-refractivity contribution < 1.29 is 4.79 Å². The molecule has 3 unspecified atom stereocenters. The SMILES string of the molecule is CSC1CCC(NC(=O)C2CCCCCN2)C1. The van der Waals surface area contributed by atoms with Crippen LogP contribution in [0.2, 0.25) is 0 Å². The molecular formula is C13H24N2OS. The van der Waals surface area contributed by atoms with Gasteiger partial charge in [-0.2, -0.15) is 11.8 Å². The van der Waals surface area contributed by atoms with Crippen LogP contribution in [-0.2, 0) is 4.79 Å². The van der Waals surface area contributed by atoms with Gasteiger partial charge in [-0.25, -0.2) is 0 Å². The zero-order valence-corrected chi connectivity index (χ0v) is 11.5. The molecular weight excluding hydrogens is 232 g/mol. The number of hydrogen-bond donors (Lipinski definition) is 2. The fraction of sp³-hybridized carbons (Fsp3) is 0.923. The van der Waals surface area contributed by atoms with E-state index in [2.05, 4.69) is 16.9 Å². The van der Waals surface area contributed by atoms with Gasteiger partial charge in [-0.15, -0.1) is 0 Å². The van der Waals surface area contributed by atoms with Crippen LogP contribution in [0.1, 0.15) is 44.9 Å². The molecule has 1 amide bonds. The van der Waals surface area contributed by atoms with E-state index in [1.165, 1.54) is 25.7 Å². The fourth-order valence-corrected chi connectivity index (χ4v) is 3.64. The van der Waals surface area contributed by atoms with Crippen molar-refractivity contribution in [3.63, 3.8) is 0 Å². The lowest BCUT2D eigenvalue weighted by Gasteiger charge is -2.19. The Balaban J connectivity index is 1.76. The molecule has 2 fully saturated rings. The van der Waals surface area contributed by atoms with Gasteiger partial charge in [0.1, 0.15) is 0 Å². The number of thioether (sulfide) groups is 1. The molecule has 1 heterocycles. The van der Waals surface area contributed by atoms with Crippen LogP contribution in [0.4, 0.5) is 0 Å². The second-order valence-corrected chi connectivity index (χ2v) is 6.37. The van der Waals surface area contributed by atoms with Crippen molar-refractivity contribution in [3.8, 4) is 0 Å². The quantitative estimate of drug-likeness (QED) is 0.810. The highest BCUT2D eigenvalue weighted by atomic mass is 32.2. The molecule has 17 heavy (non-hydrogen) atoms. The van der Waals surface area contributed by atoms with Gasteiger partial charge in [0.2, 0.25) is 5.91 Å². The van der Waals surface area contributed by atoms with E-state index in [0.29, 0.717) is 6.04 Å². The Morgan fingerprint density at radius 3 is 2.88 bits per heavy atom. The largest absolute Gasteiger partial charge is 0.352 e. The normalized spacial score (nSPS) is 34.3. The molecule has 0 spiro atoms. The van der Waals surface area contributed by atoms with Gasteiger partial charge in [0, 0.05) is 11.3 Å². The summed E-state index contributed by atoms with van der Waals surface area (Å²) in [4.78, 5) is 12.1. The van der Waals surface area contributed by atoms with Crippen LogP contribution in [-0.4, -0.2) is 36.0 Å². The molecule has 1 saturated carbocycles. The average Bonchev–Trinajstić information content (AvgIpc) is 2.62. The minimum Gasteiger partial charge on any atom is -0.352 e. The highest BCUT2D eigenvalue weighted by Gasteiger charge is 2.27. The van der Waals surface area contributed by atoms with Gasteiger partial charge in [-0.1, -0.05) is 12.8 Å². The molecule has 98 valence electrons. The van der Waals surface area contributed by atoms with Crippen molar-refractivity contribution >= 4 is 17.7 Å². The van der Waals surface area contributed by atoms with Crippen LogP contribution in [0.5, 0.6) is 0 Å². The van der Waals surface area contributed by atoms with Gasteiger partial charge < -0.3 is 10.6 Å². The minimum atomic E-state index is 0.0610. The van der Waals surface area contributed by atoms with Crippen molar-refractivity contribution in [2.75, 3.05) is 12.8 Å². The molecule has 3 nitrogen and oxygen atoms in total.